The van der Waals surface area contributed by atoms with Crippen LogP contribution in [0.3, 0.4) is 0 Å². The SMILES string of the molecule is CCCCCCCNCCc1csc(SC(C)(C)C(=O)OP)n1. The number of aromatic nitrogens is 1. The molecule has 0 saturated heterocycles. The summed E-state index contributed by atoms with van der Waals surface area (Å²) in [6.45, 7) is 7.99. The Morgan fingerprint density at radius 3 is 2.78 bits per heavy atom. The molecule has 0 aliphatic heterocycles. The first-order chi connectivity index (χ1) is 11.0. The van der Waals surface area contributed by atoms with Gasteiger partial charge in [0.05, 0.1) is 15.2 Å². The number of carbonyl (C=O) groups excluding carboxylic acids is 1. The molecule has 4 nitrogen and oxygen atoms in total. The highest BCUT2D eigenvalue weighted by molar-refractivity contribution is 8.03. The van der Waals surface area contributed by atoms with Gasteiger partial charge in [0.15, 0.2) is 4.34 Å². The average Bonchev–Trinajstić information content (AvgIpc) is 2.95. The highest BCUT2D eigenvalue weighted by Crippen LogP contribution is 2.35. The van der Waals surface area contributed by atoms with Crippen LogP contribution in [0.4, 0.5) is 0 Å². The Kier molecular flexibility index (Phi) is 10.4. The number of nitrogens with one attached hydrogen (secondary N) is 1. The first-order valence-corrected chi connectivity index (χ1v) is 10.4. The summed E-state index contributed by atoms with van der Waals surface area (Å²) in [5, 5.41) is 5.55. The van der Waals surface area contributed by atoms with Gasteiger partial charge in [0.2, 0.25) is 0 Å². The molecule has 0 radical (unpaired) electrons. The van der Waals surface area contributed by atoms with Gasteiger partial charge in [0, 0.05) is 18.3 Å². The molecular formula is C16H29N2O2PS2. The summed E-state index contributed by atoms with van der Waals surface area (Å²) in [6.07, 6.45) is 7.49. The van der Waals surface area contributed by atoms with Crippen molar-refractivity contribution in [2.75, 3.05) is 13.1 Å². The zero-order valence-corrected chi connectivity index (χ0v) is 17.2. The minimum absolute atomic E-state index is 0.256. The van der Waals surface area contributed by atoms with Crippen LogP contribution in [0, 0.1) is 0 Å². The number of carbonyl (C=O) groups is 1. The molecule has 1 N–H and O–H groups in total. The Labute approximate surface area is 150 Å². The van der Waals surface area contributed by atoms with E-state index in [4.69, 9.17) is 4.52 Å². The molecular weight excluding hydrogens is 347 g/mol. The van der Waals surface area contributed by atoms with Gasteiger partial charge >= 0.3 is 5.97 Å². The summed E-state index contributed by atoms with van der Waals surface area (Å²) < 4.78 is 5.04. The molecule has 7 heteroatoms. The smallest absolute Gasteiger partial charge is 0.324 e. The molecule has 1 unspecified atom stereocenters. The molecule has 0 bridgehead atoms. The maximum atomic E-state index is 11.7. The molecule has 0 fully saturated rings. The molecule has 0 amide bonds. The fraction of sp³-hybridized carbons (Fsp3) is 0.750. The Balaban J connectivity index is 2.22. The van der Waals surface area contributed by atoms with Gasteiger partial charge in [-0.3, -0.25) is 4.79 Å². The van der Waals surface area contributed by atoms with Crippen molar-refractivity contribution >= 4 is 38.5 Å². The molecule has 0 aliphatic rings. The van der Waals surface area contributed by atoms with E-state index in [2.05, 4.69) is 22.6 Å². The minimum atomic E-state index is -0.617. The lowest BCUT2D eigenvalue weighted by Crippen LogP contribution is -2.27. The Hall–Kier alpha value is -0.160. The summed E-state index contributed by atoms with van der Waals surface area (Å²) >= 11 is 3.04. The summed E-state index contributed by atoms with van der Waals surface area (Å²) in [7, 11) is 2.01. The van der Waals surface area contributed by atoms with Crippen LogP contribution >= 0.6 is 32.6 Å². The van der Waals surface area contributed by atoms with Crippen molar-refractivity contribution in [2.24, 2.45) is 0 Å². The van der Waals surface area contributed by atoms with Crippen LogP contribution in [-0.4, -0.2) is 28.8 Å². The normalized spacial score (nSPS) is 11.7. The molecule has 132 valence electrons. The second kappa shape index (κ2) is 11.4. The fourth-order valence-electron chi connectivity index (χ4n) is 2.05. The lowest BCUT2D eigenvalue weighted by Gasteiger charge is -2.18. The van der Waals surface area contributed by atoms with Gasteiger partial charge in [0.1, 0.15) is 4.75 Å². The van der Waals surface area contributed by atoms with Crippen LogP contribution in [0.1, 0.15) is 58.6 Å². The third kappa shape index (κ3) is 8.48. The highest BCUT2D eigenvalue weighted by atomic mass is 32.2. The van der Waals surface area contributed by atoms with Gasteiger partial charge < -0.3 is 9.84 Å². The van der Waals surface area contributed by atoms with E-state index in [9.17, 15) is 4.79 Å². The predicted molar refractivity (Wildman–Crippen MR) is 103 cm³/mol. The summed E-state index contributed by atoms with van der Waals surface area (Å²) in [6, 6.07) is 0. The average molecular weight is 377 g/mol. The third-order valence-electron chi connectivity index (χ3n) is 3.49. The number of hydrogen-bond donors (Lipinski definition) is 1. The maximum absolute atomic E-state index is 11.7. The zero-order valence-electron chi connectivity index (χ0n) is 14.4. The topological polar surface area (TPSA) is 51.2 Å². The number of thiazole rings is 1. The van der Waals surface area contributed by atoms with E-state index < -0.39 is 4.75 Å². The number of nitrogens with zero attached hydrogens (tertiary/aromatic N) is 1. The quantitative estimate of drug-likeness (QED) is 0.332. The number of hydrogen-bond acceptors (Lipinski definition) is 6. The molecule has 1 rings (SSSR count). The van der Waals surface area contributed by atoms with Crippen molar-refractivity contribution in [2.45, 2.75) is 68.4 Å². The van der Waals surface area contributed by atoms with Crippen LogP contribution < -0.4 is 5.32 Å². The molecule has 0 spiro atoms. The number of unbranched alkanes of at least 4 members (excludes halogenated alkanes) is 4. The van der Waals surface area contributed by atoms with Gasteiger partial charge in [-0.1, -0.05) is 44.4 Å². The van der Waals surface area contributed by atoms with E-state index >= 15 is 0 Å². The lowest BCUT2D eigenvalue weighted by atomic mass is 10.1. The van der Waals surface area contributed by atoms with Crippen molar-refractivity contribution in [3.63, 3.8) is 0 Å². The van der Waals surface area contributed by atoms with Gasteiger partial charge in [-0.2, -0.15) is 0 Å². The van der Waals surface area contributed by atoms with Gasteiger partial charge in [-0.15, -0.1) is 11.3 Å². The van der Waals surface area contributed by atoms with Gasteiger partial charge in [-0.25, -0.2) is 4.98 Å². The Morgan fingerprint density at radius 2 is 2.09 bits per heavy atom. The predicted octanol–water partition coefficient (Wildman–Crippen LogP) is 4.45. The van der Waals surface area contributed by atoms with E-state index in [0.29, 0.717) is 0 Å². The lowest BCUT2D eigenvalue weighted by molar-refractivity contribution is -0.135. The number of rotatable bonds is 12. The van der Waals surface area contributed by atoms with Crippen molar-refractivity contribution in [3.05, 3.63) is 11.1 Å². The van der Waals surface area contributed by atoms with Gasteiger partial charge in [-0.05, 0) is 26.8 Å². The van der Waals surface area contributed by atoms with Crippen LogP contribution in [-0.2, 0) is 15.7 Å². The van der Waals surface area contributed by atoms with E-state index in [0.717, 1.165) is 29.5 Å². The second-order valence-corrected chi connectivity index (χ2v) is 9.00. The monoisotopic (exact) mass is 376 g/mol. The van der Waals surface area contributed by atoms with Crippen molar-refractivity contribution < 1.29 is 9.32 Å². The van der Waals surface area contributed by atoms with Crippen molar-refractivity contribution in [3.8, 4) is 0 Å². The first kappa shape index (κ1) is 20.9. The standard InChI is InChI=1S/C16H29N2O2PS2/c1-4-5-6-7-8-10-17-11-9-13-12-22-15(18-13)23-16(2,3)14(19)20-21/h12,17H,4-11,21H2,1-3H3. The molecule has 23 heavy (non-hydrogen) atoms. The molecule has 1 heterocycles. The van der Waals surface area contributed by atoms with E-state index in [1.807, 2.05) is 23.3 Å². The summed E-state index contributed by atoms with van der Waals surface area (Å²) in [4.78, 5) is 16.3. The van der Waals surface area contributed by atoms with Crippen molar-refractivity contribution in [1.29, 1.82) is 0 Å². The third-order valence-corrected chi connectivity index (χ3v) is 5.87. The molecule has 0 aliphatic carbocycles. The molecule has 0 saturated carbocycles. The maximum Gasteiger partial charge on any atom is 0.324 e. The van der Waals surface area contributed by atoms with E-state index in [1.54, 1.807) is 11.3 Å². The van der Waals surface area contributed by atoms with Crippen LogP contribution in [0.25, 0.3) is 0 Å². The van der Waals surface area contributed by atoms with Crippen molar-refractivity contribution in [1.82, 2.24) is 10.3 Å². The van der Waals surface area contributed by atoms with Crippen LogP contribution in [0.15, 0.2) is 9.72 Å². The number of thioether (sulfide) groups is 1. The van der Waals surface area contributed by atoms with E-state index in [-0.39, 0.29) is 5.97 Å². The largest absolute Gasteiger partial charge is 0.450 e. The summed E-state index contributed by atoms with van der Waals surface area (Å²) in [5.41, 5.74) is 1.09. The Morgan fingerprint density at radius 1 is 1.35 bits per heavy atom. The van der Waals surface area contributed by atoms with E-state index in [1.165, 1.54) is 43.9 Å². The molecule has 1 aromatic rings. The summed E-state index contributed by atoms with van der Waals surface area (Å²) in [5.74, 6) is -0.256. The fourth-order valence-corrected chi connectivity index (χ4v) is 4.70. The molecule has 1 atom stereocenters. The Bertz CT molecular complexity index is 467. The van der Waals surface area contributed by atoms with Crippen LogP contribution in [0.5, 0.6) is 0 Å². The molecule has 0 aromatic carbocycles. The molecule has 1 aromatic heterocycles. The van der Waals surface area contributed by atoms with Crippen LogP contribution in [0.2, 0.25) is 0 Å². The minimum Gasteiger partial charge on any atom is -0.450 e. The second-order valence-electron chi connectivity index (χ2n) is 6.04. The zero-order chi connectivity index (χ0) is 17.1. The highest BCUT2D eigenvalue weighted by Gasteiger charge is 2.31. The first-order valence-electron chi connectivity index (χ1n) is 8.25. The van der Waals surface area contributed by atoms with Gasteiger partial charge in [0.25, 0.3) is 0 Å².